The second kappa shape index (κ2) is 8.33. The predicted octanol–water partition coefficient (Wildman–Crippen LogP) is 3.22. The van der Waals surface area contributed by atoms with Gasteiger partial charge in [0.2, 0.25) is 5.91 Å². The zero-order valence-corrected chi connectivity index (χ0v) is 13.2. The average Bonchev–Trinajstić information content (AvgIpc) is 2.36. The zero-order chi connectivity index (χ0) is 14.3. The van der Waals surface area contributed by atoms with Crippen molar-refractivity contribution in [2.45, 2.75) is 45.7 Å². The molecule has 2 unspecified atom stereocenters. The van der Waals surface area contributed by atoms with Gasteiger partial charge in [0.1, 0.15) is 0 Å². The van der Waals surface area contributed by atoms with Crippen molar-refractivity contribution in [1.29, 1.82) is 0 Å². The molecule has 3 N–H and O–H groups in total. The minimum Gasteiger partial charge on any atom is -0.352 e. The van der Waals surface area contributed by atoms with E-state index in [9.17, 15) is 4.79 Å². The third kappa shape index (κ3) is 6.21. The number of amides is 1. The standard InChI is InChI=1S/C15H23BrN2O/c1-11(6-5-7-12(2)17)15(19)18-10-13-8-3-4-9-14(13)16/h3-4,8-9,11-12H,5-7,10,17H2,1-2H3,(H,18,19). The smallest absolute Gasteiger partial charge is 0.223 e. The summed E-state index contributed by atoms with van der Waals surface area (Å²) in [5.74, 6) is 0.154. The van der Waals surface area contributed by atoms with Gasteiger partial charge in [0.05, 0.1) is 0 Å². The molecular weight excluding hydrogens is 304 g/mol. The van der Waals surface area contributed by atoms with E-state index in [1.54, 1.807) is 0 Å². The van der Waals surface area contributed by atoms with E-state index in [1.165, 1.54) is 0 Å². The summed E-state index contributed by atoms with van der Waals surface area (Å²) < 4.78 is 1.03. The molecule has 0 spiro atoms. The molecule has 0 aliphatic heterocycles. The highest BCUT2D eigenvalue weighted by Gasteiger charge is 2.12. The summed E-state index contributed by atoms with van der Waals surface area (Å²) in [6.07, 6.45) is 2.87. The number of nitrogens with two attached hydrogens (primary N) is 1. The van der Waals surface area contributed by atoms with Crippen LogP contribution in [0.5, 0.6) is 0 Å². The van der Waals surface area contributed by atoms with Gasteiger partial charge in [-0.15, -0.1) is 0 Å². The van der Waals surface area contributed by atoms with E-state index in [0.717, 1.165) is 29.3 Å². The average molecular weight is 327 g/mol. The highest BCUT2D eigenvalue weighted by Crippen LogP contribution is 2.16. The fourth-order valence-electron chi connectivity index (χ4n) is 1.88. The monoisotopic (exact) mass is 326 g/mol. The second-order valence-electron chi connectivity index (χ2n) is 5.12. The van der Waals surface area contributed by atoms with Crippen LogP contribution in [0.4, 0.5) is 0 Å². The lowest BCUT2D eigenvalue weighted by Gasteiger charge is -2.13. The molecule has 2 atom stereocenters. The lowest BCUT2D eigenvalue weighted by atomic mass is 10.0. The normalized spacial score (nSPS) is 13.9. The summed E-state index contributed by atoms with van der Waals surface area (Å²) in [7, 11) is 0. The molecule has 0 radical (unpaired) electrons. The third-order valence-electron chi connectivity index (χ3n) is 3.16. The van der Waals surface area contributed by atoms with E-state index in [-0.39, 0.29) is 17.9 Å². The molecule has 4 heteroatoms. The van der Waals surface area contributed by atoms with Gasteiger partial charge in [-0.25, -0.2) is 0 Å². The SMILES string of the molecule is CC(N)CCCC(C)C(=O)NCc1ccccc1Br. The number of hydrogen-bond acceptors (Lipinski definition) is 2. The fourth-order valence-corrected chi connectivity index (χ4v) is 2.30. The van der Waals surface area contributed by atoms with E-state index in [4.69, 9.17) is 5.73 Å². The number of halogens is 1. The quantitative estimate of drug-likeness (QED) is 0.808. The molecule has 1 amide bonds. The van der Waals surface area contributed by atoms with Crippen LogP contribution in [0.25, 0.3) is 0 Å². The first-order chi connectivity index (χ1) is 9.00. The van der Waals surface area contributed by atoms with E-state index >= 15 is 0 Å². The van der Waals surface area contributed by atoms with Gasteiger partial charge in [-0.2, -0.15) is 0 Å². The lowest BCUT2D eigenvalue weighted by molar-refractivity contribution is -0.124. The molecule has 0 saturated carbocycles. The third-order valence-corrected chi connectivity index (χ3v) is 3.93. The van der Waals surface area contributed by atoms with Crippen molar-refractivity contribution in [3.63, 3.8) is 0 Å². The number of rotatable bonds is 7. The van der Waals surface area contributed by atoms with Gasteiger partial charge in [0.15, 0.2) is 0 Å². The maximum Gasteiger partial charge on any atom is 0.223 e. The molecule has 19 heavy (non-hydrogen) atoms. The van der Waals surface area contributed by atoms with Gasteiger partial charge in [-0.1, -0.05) is 47.5 Å². The molecule has 106 valence electrons. The molecule has 0 aliphatic rings. The Labute approximate surface area is 124 Å². The maximum absolute atomic E-state index is 11.9. The first-order valence-electron chi connectivity index (χ1n) is 6.77. The van der Waals surface area contributed by atoms with Crippen molar-refractivity contribution < 1.29 is 4.79 Å². The number of hydrogen-bond donors (Lipinski definition) is 2. The first-order valence-corrected chi connectivity index (χ1v) is 7.56. The largest absolute Gasteiger partial charge is 0.352 e. The molecule has 1 aromatic carbocycles. The van der Waals surface area contributed by atoms with Crippen LogP contribution in [0.15, 0.2) is 28.7 Å². The minimum atomic E-state index is 0.0428. The van der Waals surface area contributed by atoms with Crippen molar-refractivity contribution >= 4 is 21.8 Å². The van der Waals surface area contributed by atoms with Crippen molar-refractivity contribution in [2.75, 3.05) is 0 Å². The van der Waals surface area contributed by atoms with Gasteiger partial charge in [0.25, 0.3) is 0 Å². The van der Waals surface area contributed by atoms with Crippen LogP contribution in [0.2, 0.25) is 0 Å². The molecule has 1 aromatic rings. The van der Waals surface area contributed by atoms with Crippen molar-refractivity contribution in [1.82, 2.24) is 5.32 Å². The molecule has 0 heterocycles. The van der Waals surface area contributed by atoms with Crippen LogP contribution in [0.1, 0.15) is 38.7 Å². The molecular formula is C15H23BrN2O. The van der Waals surface area contributed by atoms with Gasteiger partial charge in [0, 0.05) is 23.0 Å². The maximum atomic E-state index is 11.9. The van der Waals surface area contributed by atoms with Crippen LogP contribution >= 0.6 is 15.9 Å². The summed E-state index contributed by atoms with van der Waals surface area (Å²) >= 11 is 3.48. The van der Waals surface area contributed by atoms with Crippen LogP contribution in [-0.4, -0.2) is 11.9 Å². The Kier molecular flexibility index (Phi) is 7.10. The summed E-state index contributed by atoms with van der Waals surface area (Å²) in [4.78, 5) is 11.9. The molecule has 1 rings (SSSR count). The van der Waals surface area contributed by atoms with Crippen LogP contribution in [0, 0.1) is 5.92 Å². The summed E-state index contributed by atoms with van der Waals surface area (Å²) in [6.45, 7) is 4.53. The molecule has 0 aromatic heterocycles. The van der Waals surface area contributed by atoms with Gasteiger partial charge in [-0.05, 0) is 31.4 Å². The summed E-state index contributed by atoms with van der Waals surface area (Å²) in [6, 6.07) is 8.14. The van der Waals surface area contributed by atoms with Crippen molar-refractivity contribution in [3.05, 3.63) is 34.3 Å². The van der Waals surface area contributed by atoms with Crippen molar-refractivity contribution in [3.8, 4) is 0 Å². The Morgan fingerprint density at radius 3 is 2.63 bits per heavy atom. The van der Waals surface area contributed by atoms with Gasteiger partial charge in [-0.3, -0.25) is 4.79 Å². The fraction of sp³-hybridized carbons (Fsp3) is 0.533. The number of nitrogens with one attached hydrogen (secondary N) is 1. The molecule has 3 nitrogen and oxygen atoms in total. The van der Waals surface area contributed by atoms with E-state index in [2.05, 4.69) is 21.2 Å². The molecule has 0 bridgehead atoms. The van der Waals surface area contributed by atoms with Gasteiger partial charge >= 0.3 is 0 Å². The van der Waals surface area contributed by atoms with E-state index < -0.39 is 0 Å². The van der Waals surface area contributed by atoms with Crippen molar-refractivity contribution in [2.24, 2.45) is 11.7 Å². The minimum absolute atomic E-state index is 0.0428. The number of benzene rings is 1. The van der Waals surface area contributed by atoms with Crippen LogP contribution < -0.4 is 11.1 Å². The second-order valence-corrected chi connectivity index (χ2v) is 5.97. The van der Waals surface area contributed by atoms with E-state index in [1.807, 2.05) is 38.1 Å². The Hall–Kier alpha value is -0.870. The first kappa shape index (κ1) is 16.2. The highest BCUT2D eigenvalue weighted by molar-refractivity contribution is 9.10. The van der Waals surface area contributed by atoms with Crippen LogP contribution in [-0.2, 0) is 11.3 Å². The summed E-state index contributed by atoms with van der Waals surface area (Å²) in [5.41, 5.74) is 6.80. The zero-order valence-electron chi connectivity index (χ0n) is 11.7. The Balaban J connectivity index is 2.32. The molecule has 0 saturated heterocycles. The van der Waals surface area contributed by atoms with Crippen LogP contribution in [0.3, 0.4) is 0 Å². The molecule has 0 fully saturated rings. The Bertz CT molecular complexity index is 407. The Morgan fingerprint density at radius 1 is 1.32 bits per heavy atom. The number of carbonyl (C=O) groups is 1. The van der Waals surface area contributed by atoms with Gasteiger partial charge < -0.3 is 11.1 Å². The topological polar surface area (TPSA) is 55.1 Å². The summed E-state index contributed by atoms with van der Waals surface area (Å²) in [5, 5.41) is 2.98. The Morgan fingerprint density at radius 2 is 2.00 bits per heavy atom. The van der Waals surface area contributed by atoms with E-state index in [0.29, 0.717) is 6.54 Å². The predicted molar refractivity (Wildman–Crippen MR) is 82.7 cm³/mol. The lowest BCUT2D eigenvalue weighted by Crippen LogP contribution is -2.29. The number of carbonyl (C=O) groups excluding carboxylic acids is 1. The molecule has 0 aliphatic carbocycles. The highest BCUT2D eigenvalue weighted by atomic mass is 79.9.